The molecule has 3 fully saturated rings. The molecule has 3 heterocycles. The smallest absolute Gasteiger partial charge is 0.243 e. The van der Waals surface area contributed by atoms with Crippen molar-refractivity contribution in [3.8, 4) is 11.5 Å². The van der Waals surface area contributed by atoms with Crippen LogP contribution in [0.2, 0.25) is 0 Å². The molecule has 0 spiro atoms. The number of Topliss-reactive ketones (excluding diaryl/α,β-unsaturated/α-hetero) is 1. The summed E-state index contributed by atoms with van der Waals surface area (Å²) in [4.78, 5) is 54.5. The van der Waals surface area contributed by atoms with Gasteiger partial charge in [-0.05, 0) is 37.0 Å². The Morgan fingerprint density at radius 3 is 2.39 bits per heavy atom. The summed E-state index contributed by atoms with van der Waals surface area (Å²) < 4.78 is 21.4. The summed E-state index contributed by atoms with van der Waals surface area (Å²) in [7, 11) is 0. The van der Waals surface area contributed by atoms with Crippen molar-refractivity contribution in [2.24, 2.45) is 5.92 Å². The number of carbonyl (C=O) groups excluding carboxylic acids is 4. The maximum absolute atomic E-state index is 13.7. The van der Waals surface area contributed by atoms with Gasteiger partial charge in [0.15, 0.2) is 17.3 Å². The van der Waals surface area contributed by atoms with Crippen molar-refractivity contribution in [2.45, 2.75) is 69.7 Å². The molecule has 4 atom stereocenters. The van der Waals surface area contributed by atoms with E-state index in [1.54, 1.807) is 19.1 Å². The Kier molecular flexibility index (Phi) is 9.73. The van der Waals surface area contributed by atoms with Gasteiger partial charge in [-0.15, -0.1) is 0 Å². The quantitative estimate of drug-likeness (QED) is 0.284. The van der Waals surface area contributed by atoms with Crippen molar-refractivity contribution in [1.82, 2.24) is 20.9 Å². The molecule has 3 aliphatic heterocycles. The molecule has 1 aromatic rings. The van der Waals surface area contributed by atoms with Crippen molar-refractivity contribution in [3.63, 3.8) is 0 Å². The number of ether oxygens (including phenoxy) is 4. The van der Waals surface area contributed by atoms with Gasteiger partial charge in [-0.3, -0.25) is 24.1 Å². The first-order valence-corrected chi connectivity index (χ1v) is 14.6. The molecule has 4 aliphatic rings. The van der Waals surface area contributed by atoms with Gasteiger partial charge in [-0.25, -0.2) is 0 Å². The normalized spacial score (nSPS) is 22.4. The van der Waals surface area contributed by atoms with E-state index in [0.717, 1.165) is 31.2 Å². The molecule has 1 aromatic carbocycles. The van der Waals surface area contributed by atoms with Crippen LogP contribution >= 0.6 is 0 Å². The van der Waals surface area contributed by atoms with Gasteiger partial charge in [0, 0.05) is 19.5 Å². The van der Waals surface area contributed by atoms with Gasteiger partial charge in [0.25, 0.3) is 0 Å². The van der Waals surface area contributed by atoms with Gasteiger partial charge in [0.05, 0.1) is 32.4 Å². The van der Waals surface area contributed by atoms with Gasteiger partial charge in [0.2, 0.25) is 24.5 Å². The molecule has 0 aromatic heterocycles. The molecule has 41 heavy (non-hydrogen) atoms. The van der Waals surface area contributed by atoms with E-state index in [4.69, 9.17) is 18.9 Å². The number of hydrogen-bond acceptors (Lipinski definition) is 9. The number of nitrogens with one attached hydrogen (secondary N) is 3. The molecule has 5 rings (SSSR count). The Morgan fingerprint density at radius 1 is 0.951 bits per heavy atom. The van der Waals surface area contributed by atoms with Crippen LogP contribution in [0.4, 0.5) is 0 Å². The average Bonchev–Trinajstić information content (AvgIpc) is 3.48. The third-order valence-corrected chi connectivity index (χ3v) is 8.11. The van der Waals surface area contributed by atoms with E-state index in [2.05, 4.69) is 16.0 Å². The summed E-state index contributed by atoms with van der Waals surface area (Å²) in [5.41, 5.74) is 0.753. The number of ketones is 1. The topological polar surface area (TPSA) is 148 Å². The Labute approximate surface area is 239 Å². The Hall–Kier alpha value is -3.22. The van der Waals surface area contributed by atoms with Gasteiger partial charge in [-0.1, -0.05) is 31.7 Å². The highest BCUT2D eigenvalue weighted by molar-refractivity contribution is 5.96. The first-order valence-electron chi connectivity index (χ1n) is 14.6. The molecule has 1 saturated carbocycles. The SMILES string of the molecule is C[C@H](NC(=O)CN1CCOCC1)C(=O)N[C@@H](Cc1ccc2c(c1)OCO2)C(=O)N[C@@H](CC1CCCC1)C(=O)[C@H]1CO1. The molecule has 1 aliphatic carbocycles. The second-order valence-corrected chi connectivity index (χ2v) is 11.3. The molecule has 12 heteroatoms. The lowest BCUT2D eigenvalue weighted by molar-refractivity contribution is -0.133. The maximum atomic E-state index is 13.7. The zero-order valence-electron chi connectivity index (χ0n) is 23.5. The molecule has 0 radical (unpaired) electrons. The van der Waals surface area contributed by atoms with Crippen LogP contribution in [-0.2, 0) is 35.1 Å². The summed E-state index contributed by atoms with van der Waals surface area (Å²) in [5.74, 6) is 0.191. The minimum atomic E-state index is -0.986. The lowest BCUT2D eigenvalue weighted by Crippen LogP contribution is -2.57. The Bertz CT molecular complexity index is 1110. The molecular weight excluding hydrogens is 532 g/mol. The number of carbonyl (C=O) groups is 4. The summed E-state index contributed by atoms with van der Waals surface area (Å²) >= 11 is 0. The fourth-order valence-corrected chi connectivity index (χ4v) is 5.66. The van der Waals surface area contributed by atoms with Crippen LogP contribution in [0, 0.1) is 5.92 Å². The van der Waals surface area contributed by atoms with Crippen LogP contribution in [0.1, 0.15) is 44.6 Å². The average molecular weight is 573 g/mol. The highest BCUT2D eigenvalue weighted by atomic mass is 16.7. The predicted molar refractivity (Wildman–Crippen MR) is 146 cm³/mol. The number of morpholine rings is 1. The van der Waals surface area contributed by atoms with Crippen molar-refractivity contribution in [3.05, 3.63) is 23.8 Å². The molecule has 3 amide bonds. The van der Waals surface area contributed by atoms with Crippen molar-refractivity contribution >= 4 is 23.5 Å². The fraction of sp³-hybridized carbons (Fsp3) is 0.655. The van der Waals surface area contributed by atoms with Crippen molar-refractivity contribution in [1.29, 1.82) is 0 Å². The molecule has 0 unspecified atom stereocenters. The van der Waals surface area contributed by atoms with E-state index >= 15 is 0 Å². The first kappa shape index (κ1) is 29.3. The zero-order valence-corrected chi connectivity index (χ0v) is 23.5. The van der Waals surface area contributed by atoms with Crippen LogP contribution < -0.4 is 25.4 Å². The first-order chi connectivity index (χ1) is 19.9. The van der Waals surface area contributed by atoms with Crippen LogP contribution in [0.5, 0.6) is 11.5 Å². The Morgan fingerprint density at radius 2 is 1.66 bits per heavy atom. The minimum Gasteiger partial charge on any atom is -0.454 e. The van der Waals surface area contributed by atoms with Gasteiger partial charge in [0.1, 0.15) is 18.2 Å². The van der Waals surface area contributed by atoms with E-state index < -0.39 is 36.0 Å². The monoisotopic (exact) mass is 572 g/mol. The largest absolute Gasteiger partial charge is 0.454 e. The number of epoxide rings is 1. The number of nitrogens with zero attached hydrogens (tertiary/aromatic N) is 1. The van der Waals surface area contributed by atoms with E-state index in [-0.39, 0.29) is 31.4 Å². The third-order valence-electron chi connectivity index (χ3n) is 8.11. The van der Waals surface area contributed by atoms with Crippen LogP contribution in [-0.4, -0.2) is 98.9 Å². The standard InChI is InChI=1S/C29H40N4O8/c1-18(30-26(34)15-33-8-10-38-11-9-33)28(36)32-22(13-20-6-7-23-24(14-20)41-17-40-23)29(37)31-21(27(35)25-16-39-25)12-19-4-2-3-5-19/h6-7,14,18-19,21-22,25H,2-5,8-13,15-17H2,1H3,(H,30,34)(H,31,37)(H,32,36)/t18-,21-,22-,25+/m0/s1. The number of fused-ring (bicyclic) bond motifs is 1. The second-order valence-electron chi connectivity index (χ2n) is 11.3. The third kappa shape index (κ3) is 8.17. The van der Waals surface area contributed by atoms with Crippen molar-refractivity contribution in [2.75, 3.05) is 46.2 Å². The van der Waals surface area contributed by atoms with Crippen LogP contribution in [0.15, 0.2) is 18.2 Å². The van der Waals surface area contributed by atoms with Crippen molar-refractivity contribution < 1.29 is 38.1 Å². The lowest BCUT2D eigenvalue weighted by Gasteiger charge is -2.27. The highest BCUT2D eigenvalue weighted by Crippen LogP contribution is 2.33. The number of hydrogen-bond donors (Lipinski definition) is 3. The van der Waals surface area contributed by atoms with Crippen LogP contribution in [0.3, 0.4) is 0 Å². The molecule has 0 bridgehead atoms. The molecule has 3 N–H and O–H groups in total. The summed E-state index contributed by atoms with van der Waals surface area (Å²) in [5, 5.41) is 8.47. The minimum absolute atomic E-state index is 0.120. The highest BCUT2D eigenvalue weighted by Gasteiger charge is 2.39. The van der Waals surface area contributed by atoms with Gasteiger partial charge < -0.3 is 34.9 Å². The number of benzene rings is 1. The summed E-state index contributed by atoms with van der Waals surface area (Å²) in [6.45, 7) is 4.67. The van der Waals surface area contributed by atoms with E-state index in [1.165, 1.54) is 0 Å². The van der Waals surface area contributed by atoms with E-state index in [9.17, 15) is 19.2 Å². The lowest BCUT2D eigenvalue weighted by atomic mass is 9.94. The second kappa shape index (κ2) is 13.6. The van der Waals surface area contributed by atoms with E-state index in [1.807, 2.05) is 11.0 Å². The zero-order chi connectivity index (χ0) is 28.8. The van der Waals surface area contributed by atoms with Gasteiger partial charge >= 0.3 is 0 Å². The fourth-order valence-electron chi connectivity index (χ4n) is 5.66. The van der Waals surface area contributed by atoms with E-state index in [0.29, 0.717) is 56.7 Å². The molecular formula is C29H40N4O8. The summed E-state index contributed by atoms with van der Waals surface area (Å²) in [6.07, 6.45) is 4.55. The van der Waals surface area contributed by atoms with Gasteiger partial charge in [-0.2, -0.15) is 0 Å². The van der Waals surface area contributed by atoms with Crippen LogP contribution in [0.25, 0.3) is 0 Å². The molecule has 2 saturated heterocycles. The number of amides is 3. The maximum Gasteiger partial charge on any atom is 0.243 e. The summed E-state index contributed by atoms with van der Waals surface area (Å²) in [6, 6.07) is 2.82. The molecule has 224 valence electrons. The molecule has 12 nitrogen and oxygen atoms in total. The number of rotatable bonds is 13. The predicted octanol–water partition coefficient (Wildman–Crippen LogP) is 0.313. The Balaban J connectivity index is 1.25.